The third kappa shape index (κ3) is 4.10. The molecule has 0 aliphatic carbocycles. The van der Waals surface area contributed by atoms with E-state index in [4.69, 9.17) is 15.2 Å². The van der Waals surface area contributed by atoms with Crippen LogP contribution >= 0.6 is 0 Å². The highest BCUT2D eigenvalue weighted by Crippen LogP contribution is 2.27. The number of benzene rings is 2. The first-order valence-electron chi connectivity index (χ1n) is 7.65. The van der Waals surface area contributed by atoms with E-state index >= 15 is 0 Å². The van der Waals surface area contributed by atoms with Gasteiger partial charge < -0.3 is 15.2 Å². The fourth-order valence-corrected chi connectivity index (χ4v) is 2.23. The minimum absolute atomic E-state index is 0.0780. The lowest BCUT2D eigenvalue weighted by molar-refractivity contribution is -0.131. The zero-order chi connectivity index (χ0) is 17.7. The molecule has 6 heteroatoms. The number of ether oxygens (including phenoxy) is 2. The fraction of sp³-hybridized carbons (Fsp3) is 0.278. The summed E-state index contributed by atoms with van der Waals surface area (Å²) in [6, 6.07) is 7.98. The zero-order valence-electron chi connectivity index (χ0n) is 13.6. The molecular formula is C18H19NO5. The summed E-state index contributed by atoms with van der Waals surface area (Å²) in [6.07, 6.45) is 1.74. The number of esters is 2. The summed E-state index contributed by atoms with van der Waals surface area (Å²) >= 11 is 0. The van der Waals surface area contributed by atoms with Crippen LogP contribution in [0.1, 0.15) is 47.4 Å². The molecule has 0 aliphatic rings. The van der Waals surface area contributed by atoms with Crippen LogP contribution in [-0.2, 0) is 9.53 Å². The lowest BCUT2D eigenvalue weighted by Gasteiger charge is -2.10. The Morgan fingerprint density at radius 2 is 1.83 bits per heavy atom. The molecule has 0 atom stereocenters. The summed E-state index contributed by atoms with van der Waals surface area (Å²) in [4.78, 5) is 34.7. The molecule has 6 nitrogen and oxygen atoms in total. The second kappa shape index (κ2) is 7.59. The highest BCUT2D eigenvalue weighted by molar-refractivity contribution is 6.03. The number of rotatable bonds is 6. The third-order valence-electron chi connectivity index (χ3n) is 3.42. The maximum atomic E-state index is 12.0. The number of primary amides is 1. The van der Waals surface area contributed by atoms with E-state index in [0.717, 1.165) is 12.8 Å². The van der Waals surface area contributed by atoms with Crippen LogP contribution in [0.25, 0.3) is 10.8 Å². The van der Waals surface area contributed by atoms with Crippen LogP contribution in [-0.4, -0.2) is 24.5 Å². The van der Waals surface area contributed by atoms with Gasteiger partial charge in [-0.15, -0.1) is 0 Å². The fourth-order valence-electron chi connectivity index (χ4n) is 2.23. The van der Waals surface area contributed by atoms with Crippen LogP contribution in [0.2, 0.25) is 0 Å². The molecule has 126 valence electrons. The summed E-state index contributed by atoms with van der Waals surface area (Å²) in [6.45, 7) is 3.62. The van der Waals surface area contributed by atoms with Gasteiger partial charge in [-0.2, -0.15) is 0 Å². The molecule has 2 aromatic carbocycles. The van der Waals surface area contributed by atoms with Crippen molar-refractivity contribution < 1.29 is 23.9 Å². The van der Waals surface area contributed by atoms with Gasteiger partial charge in [-0.1, -0.05) is 19.4 Å². The van der Waals surface area contributed by atoms with Crippen molar-refractivity contribution in [1.82, 2.24) is 0 Å². The molecule has 0 bridgehead atoms. The molecule has 0 aromatic heterocycles. The number of hydrogen-bond acceptors (Lipinski definition) is 5. The van der Waals surface area contributed by atoms with Crippen molar-refractivity contribution in [3.8, 4) is 5.75 Å². The van der Waals surface area contributed by atoms with Gasteiger partial charge in [-0.25, -0.2) is 4.79 Å². The second-order valence-electron chi connectivity index (χ2n) is 5.36. The highest BCUT2D eigenvalue weighted by atomic mass is 16.5. The largest absolute Gasteiger partial charge is 0.462 e. The SMILES string of the molecule is CCCCOC(=O)c1ccc2cc(OC(C)=O)c(C(N)=O)cc2c1. The maximum absolute atomic E-state index is 12.0. The van der Waals surface area contributed by atoms with Gasteiger partial charge in [0.25, 0.3) is 5.91 Å². The number of fused-ring (bicyclic) bond motifs is 1. The van der Waals surface area contributed by atoms with E-state index in [1.165, 1.54) is 13.0 Å². The van der Waals surface area contributed by atoms with E-state index in [9.17, 15) is 14.4 Å². The van der Waals surface area contributed by atoms with E-state index in [1.807, 2.05) is 6.92 Å². The van der Waals surface area contributed by atoms with Crippen molar-refractivity contribution in [2.24, 2.45) is 5.73 Å². The van der Waals surface area contributed by atoms with Crippen LogP contribution in [0.3, 0.4) is 0 Å². The van der Waals surface area contributed by atoms with Crippen molar-refractivity contribution in [1.29, 1.82) is 0 Å². The normalized spacial score (nSPS) is 10.4. The van der Waals surface area contributed by atoms with E-state index in [0.29, 0.717) is 22.9 Å². The van der Waals surface area contributed by atoms with Crippen LogP contribution in [0.15, 0.2) is 30.3 Å². The molecule has 0 saturated carbocycles. The standard InChI is InChI=1S/C18H19NO5/c1-3-4-7-23-18(22)13-6-5-12-10-16(24-11(2)20)15(17(19)21)9-14(12)8-13/h5-6,8-10H,3-4,7H2,1-2H3,(H2,19,21). The molecule has 2 N–H and O–H groups in total. The molecule has 0 radical (unpaired) electrons. The van der Waals surface area contributed by atoms with Gasteiger partial charge in [-0.3, -0.25) is 9.59 Å². The molecule has 0 fully saturated rings. The molecule has 1 amide bonds. The Labute approximate surface area is 139 Å². The summed E-state index contributed by atoms with van der Waals surface area (Å²) < 4.78 is 10.2. The molecule has 24 heavy (non-hydrogen) atoms. The Bertz CT molecular complexity index is 797. The second-order valence-corrected chi connectivity index (χ2v) is 5.36. The predicted octanol–water partition coefficient (Wildman–Crippen LogP) is 2.82. The van der Waals surface area contributed by atoms with Crippen molar-refractivity contribution in [3.05, 3.63) is 41.5 Å². The Balaban J connectivity index is 2.40. The minimum Gasteiger partial charge on any atom is -0.462 e. The quantitative estimate of drug-likeness (QED) is 0.499. The van der Waals surface area contributed by atoms with E-state index in [2.05, 4.69) is 0 Å². The average Bonchev–Trinajstić information content (AvgIpc) is 2.53. The monoisotopic (exact) mass is 329 g/mol. The summed E-state index contributed by atoms with van der Waals surface area (Å²) in [5, 5.41) is 1.34. The first-order valence-corrected chi connectivity index (χ1v) is 7.65. The number of amides is 1. The summed E-state index contributed by atoms with van der Waals surface area (Å²) in [5.41, 5.74) is 5.80. The lowest BCUT2D eigenvalue weighted by atomic mass is 10.0. The molecule has 2 aromatic rings. The van der Waals surface area contributed by atoms with E-state index < -0.39 is 17.8 Å². The zero-order valence-corrected chi connectivity index (χ0v) is 13.6. The van der Waals surface area contributed by atoms with Crippen molar-refractivity contribution in [2.45, 2.75) is 26.7 Å². The Hall–Kier alpha value is -2.89. The summed E-state index contributed by atoms with van der Waals surface area (Å²) in [5.74, 6) is -1.59. The number of unbranched alkanes of at least 4 members (excludes halogenated alkanes) is 1. The van der Waals surface area contributed by atoms with Crippen LogP contribution < -0.4 is 10.5 Å². The van der Waals surface area contributed by atoms with E-state index in [1.54, 1.807) is 24.3 Å². The number of carbonyl (C=O) groups excluding carboxylic acids is 3. The number of nitrogens with two attached hydrogens (primary N) is 1. The summed E-state index contributed by atoms with van der Waals surface area (Å²) in [7, 11) is 0. The highest BCUT2D eigenvalue weighted by Gasteiger charge is 2.15. The van der Waals surface area contributed by atoms with Gasteiger partial charge in [0.1, 0.15) is 5.75 Å². The van der Waals surface area contributed by atoms with E-state index in [-0.39, 0.29) is 11.3 Å². The van der Waals surface area contributed by atoms with Gasteiger partial charge >= 0.3 is 11.9 Å². The topological polar surface area (TPSA) is 95.7 Å². The van der Waals surface area contributed by atoms with Gasteiger partial charge in [-0.05, 0) is 41.5 Å². The average molecular weight is 329 g/mol. The van der Waals surface area contributed by atoms with Gasteiger partial charge in [0.05, 0.1) is 17.7 Å². The van der Waals surface area contributed by atoms with Crippen molar-refractivity contribution in [2.75, 3.05) is 6.61 Å². The molecule has 0 aliphatic heterocycles. The van der Waals surface area contributed by atoms with Crippen LogP contribution in [0.5, 0.6) is 5.75 Å². The van der Waals surface area contributed by atoms with Crippen LogP contribution in [0, 0.1) is 0 Å². The van der Waals surface area contributed by atoms with Crippen molar-refractivity contribution in [3.63, 3.8) is 0 Å². The third-order valence-corrected chi connectivity index (χ3v) is 3.42. The lowest BCUT2D eigenvalue weighted by Crippen LogP contribution is -2.14. The Morgan fingerprint density at radius 1 is 1.08 bits per heavy atom. The smallest absolute Gasteiger partial charge is 0.338 e. The first-order chi connectivity index (χ1) is 11.4. The first kappa shape index (κ1) is 17.5. The number of carbonyl (C=O) groups is 3. The molecule has 0 saturated heterocycles. The predicted molar refractivity (Wildman–Crippen MR) is 89.0 cm³/mol. The van der Waals surface area contributed by atoms with Gasteiger partial charge in [0, 0.05) is 6.92 Å². The molecule has 2 rings (SSSR count). The van der Waals surface area contributed by atoms with Gasteiger partial charge in [0.15, 0.2) is 0 Å². The Morgan fingerprint density at radius 3 is 2.46 bits per heavy atom. The van der Waals surface area contributed by atoms with Gasteiger partial charge in [0.2, 0.25) is 0 Å². The molecule has 0 unspecified atom stereocenters. The molecule has 0 heterocycles. The minimum atomic E-state index is -0.718. The van der Waals surface area contributed by atoms with Crippen LogP contribution in [0.4, 0.5) is 0 Å². The number of hydrogen-bond donors (Lipinski definition) is 1. The Kier molecular flexibility index (Phi) is 5.52. The molecular weight excluding hydrogens is 310 g/mol. The molecule has 0 spiro atoms. The maximum Gasteiger partial charge on any atom is 0.338 e. The van der Waals surface area contributed by atoms with Crippen molar-refractivity contribution >= 4 is 28.6 Å².